The molecule has 0 spiro atoms. The van der Waals surface area contributed by atoms with E-state index in [-0.39, 0.29) is 22.7 Å². The van der Waals surface area contributed by atoms with E-state index in [0.717, 1.165) is 53.6 Å². The first-order valence-electron chi connectivity index (χ1n) is 13.5. The number of carboxylic acid groups (broad SMARTS) is 2. The number of anilines is 1. The first-order chi connectivity index (χ1) is 18.3. The lowest BCUT2D eigenvalue weighted by Gasteiger charge is -2.57. The smallest absolute Gasteiger partial charge is 0.335 e. The van der Waals surface area contributed by atoms with Gasteiger partial charge < -0.3 is 20.5 Å². The van der Waals surface area contributed by atoms with Crippen LogP contribution in [0.4, 0.5) is 5.69 Å². The highest BCUT2D eigenvalue weighted by molar-refractivity contribution is 6.07. The Bertz CT molecular complexity index is 1340. The summed E-state index contributed by atoms with van der Waals surface area (Å²) in [4.78, 5) is 40.1. The molecular formula is C31H32N2O5. The Hall–Kier alpha value is -3.87. The first-order valence-corrected chi connectivity index (χ1v) is 13.5. The van der Waals surface area contributed by atoms with Crippen molar-refractivity contribution in [2.24, 2.45) is 23.2 Å². The zero-order valence-corrected chi connectivity index (χ0v) is 21.2. The molecule has 0 radical (unpaired) electrons. The van der Waals surface area contributed by atoms with Gasteiger partial charge in [0.2, 0.25) is 0 Å². The Morgan fingerprint density at radius 3 is 1.97 bits per heavy atom. The number of nitrogens with one attached hydrogen (secondary N) is 2. The molecule has 0 atom stereocenters. The number of hydrogen-bond donors (Lipinski definition) is 4. The molecule has 38 heavy (non-hydrogen) atoms. The van der Waals surface area contributed by atoms with Gasteiger partial charge in [0.25, 0.3) is 5.91 Å². The molecule has 4 aliphatic rings. The van der Waals surface area contributed by atoms with Gasteiger partial charge in [-0.25, -0.2) is 9.59 Å². The van der Waals surface area contributed by atoms with E-state index in [1.165, 1.54) is 50.7 Å². The monoisotopic (exact) mass is 512 g/mol. The third-order valence-electron chi connectivity index (χ3n) is 8.98. The van der Waals surface area contributed by atoms with Crippen molar-refractivity contribution in [1.82, 2.24) is 4.98 Å². The van der Waals surface area contributed by atoms with Crippen LogP contribution in [0.3, 0.4) is 0 Å². The van der Waals surface area contributed by atoms with E-state index in [9.17, 15) is 24.6 Å². The van der Waals surface area contributed by atoms with Crippen molar-refractivity contribution in [3.8, 4) is 11.3 Å². The number of rotatable bonds is 8. The molecule has 1 amide bonds. The van der Waals surface area contributed by atoms with Crippen LogP contribution in [0.2, 0.25) is 0 Å². The van der Waals surface area contributed by atoms with Crippen molar-refractivity contribution >= 4 is 23.5 Å². The fourth-order valence-corrected chi connectivity index (χ4v) is 7.80. The third kappa shape index (κ3) is 4.73. The van der Waals surface area contributed by atoms with Gasteiger partial charge in [-0.3, -0.25) is 4.79 Å². The van der Waals surface area contributed by atoms with E-state index >= 15 is 0 Å². The number of benzene rings is 2. The Morgan fingerprint density at radius 1 is 0.842 bits per heavy atom. The molecule has 7 heteroatoms. The number of aromatic carboxylic acids is 2. The predicted molar refractivity (Wildman–Crippen MR) is 143 cm³/mol. The number of aromatic nitrogens is 1. The molecule has 4 aliphatic carbocycles. The maximum atomic E-state index is 13.5. The topological polar surface area (TPSA) is 119 Å². The summed E-state index contributed by atoms with van der Waals surface area (Å²) in [6.45, 7) is 0. The molecule has 1 aromatic heterocycles. The summed E-state index contributed by atoms with van der Waals surface area (Å²) in [6.07, 6.45) is 9.87. The normalized spacial score (nSPS) is 25.3. The Morgan fingerprint density at radius 2 is 1.42 bits per heavy atom. The van der Waals surface area contributed by atoms with Gasteiger partial charge in [-0.15, -0.1) is 0 Å². The van der Waals surface area contributed by atoms with Gasteiger partial charge in [0.15, 0.2) is 0 Å². The minimum atomic E-state index is -1.26. The van der Waals surface area contributed by atoms with E-state index in [4.69, 9.17) is 0 Å². The lowest BCUT2D eigenvalue weighted by Crippen LogP contribution is -2.46. The number of aryl methyl sites for hydroxylation is 1. The van der Waals surface area contributed by atoms with E-state index in [0.29, 0.717) is 11.0 Å². The standard InChI is InChI=1S/C31H32N2O5/c34-28(32-24-12-22(29(35)36)11-23(13-24)30(37)38)25-14-27(21-4-2-1-3-5-21)33-26(25)6-7-31-15-18-8-19(16-31)10-20(9-18)17-31/h1-5,11-14,18-20,33H,6-10,15-17H2,(H,32,34)(H,35,36)(H,37,38). The molecule has 7 rings (SSSR count). The van der Waals surface area contributed by atoms with Crippen LogP contribution < -0.4 is 5.32 Å². The van der Waals surface area contributed by atoms with Gasteiger partial charge in [0.05, 0.1) is 16.7 Å². The molecule has 1 heterocycles. The predicted octanol–water partition coefficient (Wildman–Crippen LogP) is 6.48. The maximum absolute atomic E-state index is 13.5. The molecule has 7 nitrogen and oxygen atoms in total. The number of hydrogen-bond acceptors (Lipinski definition) is 3. The maximum Gasteiger partial charge on any atom is 0.335 e. The molecule has 0 unspecified atom stereocenters. The van der Waals surface area contributed by atoms with Crippen molar-refractivity contribution in [2.45, 2.75) is 51.4 Å². The number of carboxylic acids is 2. The van der Waals surface area contributed by atoms with Gasteiger partial charge in [-0.05, 0) is 104 Å². The van der Waals surface area contributed by atoms with Crippen LogP contribution in [-0.2, 0) is 6.42 Å². The number of amides is 1. The van der Waals surface area contributed by atoms with Crippen LogP contribution in [0.1, 0.15) is 81.7 Å². The summed E-state index contributed by atoms with van der Waals surface area (Å²) in [5.41, 5.74) is 3.32. The summed E-state index contributed by atoms with van der Waals surface area (Å²) >= 11 is 0. The summed E-state index contributed by atoms with van der Waals surface area (Å²) in [5, 5.41) is 21.6. The van der Waals surface area contributed by atoms with Crippen LogP contribution in [0, 0.1) is 23.2 Å². The van der Waals surface area contributed by atoms with Gasteiger partial charge >= 0.3 is 11.9 Å². The van der Waals surface area contributed by atoms with Crippen LogP contribution in [0.25, 0.3) is 11.3 Å². The lowest BCUT2D eigenvalue weighted by molar-refractivity contribution is -0.0570. The molecule has 0 aliphatic heterocycles. The van der Waals surface area contributed by atoms with Gasteiger partial charge in [-0.2, -0.15) is 0 Å². The second-order valence-electron chi connectivity index (χ2n) is 11.7. The van der Waals surface area contributed by atoms with Gasteiger partial charge in [0, 0.05) is 17.1 Å². The summed E-state index contributed by atoms with van der Waals surface area (Å²) in [5.74, 6) is -0.323. The van der Waals surface area contributed by atoms with Crippen molar-refractivity contribution in [2.75, 3.05) is 5.32 Å². The lowest BCUT2D eigenvalue weighted by atomic mass is 9.48. The van der Waals surface area contributed by atoms with Crippen molar-refractivity contribution in [3.05, 3.63) is 77.0 Å². The van der Waals surface area contributed by atoms with E-state index in [1.54, 1.807) is 0 Å². The summed E-state index contributed by atoms with van der Waals surface area (Å²) < 4.78 is 0. The van der Waals surface area contributed by atoms with Crippen LogP contribution in [0.15, 0.2) is 54.6 Å². The van der Waals surface area contributed by atoms with Crippen molar-refractivity contribution < 1.29 is 24.6 Å². The SMILES string of the molecule is O=C(O)c1cc(NC(=O)c2cc(-c3ccccc3)[nH]c2CCC23CC4CC(CC(C4)C2)C3)cc(C(=O)O)c1. The molecule has 4 bridgehead atoms. The fraction of sp³-hybridized carbons (Fsp3) is 0.387. The molecule has 3 aromatic rings. The average Bonchev–Trinajstić information content (AvgIpc) is 3.32. The molecular weight excluding hydrogens is 480 g/mol. The zero-order valence-electron chi connectivity index (χ0n) is 21.2. The molecule has 4 fully saturated rings. The summed E-state index contributed by atoms with van der Waals surface area (Å²) in [7, 11) is 0. The zero-order chi connectivity index (χ0) is 26.4. The number of carbonyl (C=O) groups excluding carboxylic acids is 1. The van der Waals surface area contributed by atoms with Crippen LogP contribution in [0.5, 0.6) is 0 Å². The van der Waals surface area contributed by atoms with Crippen molar-refractivity contribution in [3.63, 3.8) is 0 Å². The highest BCUT2D eigenvalue weighted by atomic mass is 16.4. The quantitative estimate of drug-likeness (QED) is 0.275. The second-order valence-corrected chi connectivity index (χ2v) is 11.7. The minimum absolute atomic E-state index is 0.141. The summed E-state index contributed by atoms with van der Waals surface area (Å²) in [6, 6.07) is 15.3. The Balaban J connectivity index is 1.29. The van der Waals surface area contributed by atoms with Gasteiger partial charge in [0.1, 0.15) is 0 Å². The minimum Gasteiger partial charge on any atom is -0.478 e. The average molecular weight is 513 g/mol. The molecule has 4 saturated carbocycles. The Kier molecular flexibility index (Phi) is 6.09. The van der Waals surface area contributed by atoms with Crippen molar-refractivity contribution in [1.29, 1.82) is 0 Å². The third-order valence-corrected chi connectivity index (χ3v) is 8.98. The molecule has 196 valence electrons. The molecule has 4 N–H and O–H groups in total. The number of H-pyrrole nitrogens is 1. The van der Waals surface area contributed by atoms with E-state index in [2.05, 4.69) is 10.3 Å². The highest BCUT2D eigenvalue weighted by Crippen LogP contribution is 2.61. The molecule has 2 aromatic carbocycles. The first kappa shape index (κ1) is 24.5. The van der Waals surface area contributed by atoms with E-state index < -0.39 is 11.9 Å². The number of carbonyl (C=O) groups is 3. The fourth-order valence-electron chi connectivity index (χ4n) is 7.80. The van der Waals surface area contributed by atoms with E-state index in [1.807, 2.05) is 36.4 Å². The molecule has 0 saturated heterocycles. The van der Waals surface area contributed by atoms with Crippen LogP contribution in [-0.4, -0.2) is 33.0 Å². The number of aromatic amines is 1. The Labute approximate surface area is 221 Å². The second kappa shape index (κ2) is 9.46. The van der Waals surface area contributed by atoms with Gasteiger partial charge in [-0.1, -0.05) is 30.3 Å². The van der Waals surface area contributed by atoms with Crippen LogP contribution >= 0.6 is 0 Å². The largest absolute Gasteiger partial charge is 0.478 e. The highest BCUT2D eigenvalue weighted by Gasteiger charge is 2.50.